The summed E-state index contributed by atoms with van der Waals surface area (Å²) in [5.74, 6) is 0.410. The molecule has 2 aliphatic rings. The van der Waals surface area contributed by atoms with Gasteiger partial charge in [-0.15, -0.1) is 0 Å². The maximum atomic E-state index is 13.9. The van der Waals surface area contributed by atoms with Crippen LogP contribution in [0.5, 0.6) is 0 Å². The van der Waals surface area contributed by atoms with Gasteiger partial charge in [-0.05, 0) is 44.3 Å². The van der Waals surface area contributed by atoms with E-state index in [9.17, 15) is 14.0 Å². The van der Waals surface area contributed by atoms with E-state index in [1.165, 1.54) is 6.07 Å². The van der Waals surface area contributed by atoms with Crippen molar-refractivity contribution in [2.75, 3.05) is 39.9 Å². The fourth-order valence-corrected chi connectivity index (χ4v) is 4.20. The number of ether oxygens (including phenoxy) is 1. The maximum Gasteiger partial charge on any atom is 0.224 e. The molecule has 160 valence electrons. The van der Waals surface area contributed by atoms with Crippen LogP contribution < -0.4 is 5.32 Å². The highest BCUT2D eigenvalue weighted by molar-refractivity contribution is 5.81. The molecule has 1 atom stereocenters. The number of nitrogens with zero attached hydrogens (tertiary/aromatic N) is 2. The van der Waals surface area contributed by atoms with Gasteiger partial charge in [-0.25, -0.2) is 4.39 Å². The highest BCUT2D eigenvalue weighted by atomic mass is 19.1. The zero-order valence-electron chi connectivity index (χ0n) is 17.2. The summed E-state index contributed by atoms with van der Waals surface area (Å²) in [7, 11) is 1.64. The molecule has 7 heteroatoms. The normalized spacial score (nSPS) is 20.6. The van der Waals surface area contributed by atoms with Crippen molar-refractivity contribution in [1.29, 1.82) is 0 Å². The lowest BCUT2D eigenvalue weighted by Gasteiger charge is -2.35. The molecular weight excluding hydrogens is 373 g/mol. The molecule has 0 aromatic heterocycles. The Morgan fingerprint density at radius 1 is 1.28 bits per heavy atom. The Morgan fingerprint density at radius 2 is 2.03 bits per heavy atom. The molecule has 2 aliphatic heterocycles. The van der Waals surface area contributed by atoms with Crippen LogP contribution >= 0.6 is 0 Å². The molecule has 2 saturated heterocycles. The van der Waals surface area contributed by atoms with Gasteiger partial charge < -0.3 is 15.0 Å². The number of methoxy groups -OCH3 is 1. The second-order valence-electron chi connectivity index (χ2n) is 8.15. The van der Waals surface area contributed by atoms with Crippen LogP contribution in [0.2, 0.25) is 0 Å². The van der Waals surface area contributed by atoms with E-state index in [-0.39, 0.29) is 23.7 Å². The molecule has 0 saturated carbocycles. The van der Waals surface area contributed by atoms with Gasteiger partial charge >= 0.3 is 0 Å². The van der Waals surface area contributed by atoms with E-state index in [1.807, 2.05) is 17.0 Å². The van der Waals surface area contributed by atoms with Gasteiger partial charge in [-0.3, -0.25) is 14.5 Å². The van der Waals surface area contributed by atoms with Gasteiger partial charge in [0.15, 0.2) is 0 Å². The molecule has 1 unspecified atom stereocenters. The summed E-state index contributed by atoms with van der Waals surface area (Å²) in [5.41, 5.74) is 0.737. The van der Waals surface area contributed by atoms with Crippen molar-refractivity contribution >= 4 is 11.8 Å². The van der Waals surface area contributed by atoms with Crippen molar-refractivity contribution < 1.29 is 18.7 Å². The number of benzene rings is 1. The van der Waals surface area contributed by atoms with E-state index in [4.69, 9.17) is 4.74 Å². The summed E-state index contributed by atoms with van der Waals surface area (Å²) in [4.78, 5) is 28.4. The number of halogens is 1. The van der Waals surface area contributed by atoms with Crippen LogP contribution in [0.3, 0.4) is 0 Å². The molecule has 2 amide bonds. The average molecular weight is 406 g/mol. The Morgan fingerprint density at radius 3 is 2.69 bits per heavy atom. The Labute approximate surface area is 172 Å². The molecular formula is C22H32FN3O3. The Kier molecular flexibility index (Phi) is 8.00. The summed E-state index contributed by atoms with van der Waals surface area (Å²) in [6.07, 6.45) is 3.59. The summed E-state index contributed by atoms with van der Waals surface area (Å²) < 4.78 is 19.1. The average Bonchev–Trinajstić information content (AvgIpc) is 3.12. The third-order valence-corrected chi connectivity index (χ3v) is 5.96. The molecule has 0 aliphatic carbocycles. The number of carbonyl (C=O) groups excluding carboxylic acids is 2. The summed E-state index contributed by atoms with van der Waals surface area (Å²) >= 11 is 0. The molecule has 1 N–H and O–H groups in total. The smallest absolute Gasteiger partial charge is 0.224 e. The number of rotatable bonds is 9. The molecule has 0 spiro atoms. The van der Waals surface area contributed by atoms with Gasteiger partial charge in [0, 0.05) is 51.2 Å². The lowest BCUT2D eigenvalue weighted by Crippen LogP contribution is -2.43. The molecule has 2 heterocycles. The maximum absolute atomic E-state index is 13.9. The van der Waals surface area contributed by atoms with Gasteiger partial charge in [-0.2, -0.15) is 0 Å². The minimum absolute atomic E-state index is 0.0356. The number of hydrogen-bond donors (Lipinski definition) is 1. The van der Waals surface area contributed by atoms with Crippen molar-refractivity contribution in [2.45, 2.75) is 44.7 Å². The Balaban J connectivity index is 1.48. The minimum Gasteiger partial charge on any atom is -0.383 e. The van der Waals surface area contributed by atoms with Gasteiger partial charge in [-0.1, -0.05) is 18.2 Å². The Hall–Kier alpha value is -1.99. The monoisotopic (exact) mass is 405 g/mol. The van der Waals surface area contributed by atoms with Gasteiger partial charge in [0.25, 0.3) is 0 Å². The van der Waals surface area contributed by atoms with Gasteiger partial charge in [0.05, 0.1) is 6.61 Å². The topological polar surface area (TPSA) is 61.9 Å². The summed E-state index contributed by atoms with van der Waals surface area (Å²) in [6.45, 7) is 4.25. The number of hydrogen-bond acceptors (Lipinski definition) is 4. The predicted octanol–water partition coefficient (Wildman–Crippen LogP) is 2.18. The van der Waals surface area contributed by atoms with Crippen molar-refractivity contribution in [3.8, 4) is 0 Å². The standard InChI is InChI=1S/C22H32FN3O3/c1-29-13-12-26(22(28)14-19-6-7-21(27)24-19)15-17-8-10-25(11-9-17)16-18-4-2-3-5-20(18)23/h2-5,17,19H,6-16H2,1H3,(H,24,27). The first-order chi connectivity index (χ1) is 14.0. The quantitative estimate of drug-likeness (QED) is 0.684. The van der Waals surface area contributed by atoms with Crippen LogP contribution in [-0.4, -0.2) is 67.6 Å². The second kappa shape index (κ2) is 10.7. The van der Waals surface area contributed by atoms with E-state index in [0.29, 0.717) is 38.5 Å². The van der Waals surface area contributed by atoms with E-state index < -0.39 is 0 Å². The highest BCUT2D eigenvalue weighted by Gasteiger charge is 2.28. The molecule has 2 fully saturated rings. The number of likely N-dealkylation sites (tertiary alicyclic amines) is 1. The third-order valence-electron chi connectivity index (χ3n) is 5.96. The lowest BCUT2D eigenvalue weighted by molar-refractivity contribution is -0.133. The van der Waals surface area contributed by atoms with Crippen LogP contribution in [0.4, 0.5) is 4.39 Å². The zero-order chi connectivity index (χ0) is 20.6. The Bertz CT molecular complexity index is 692. The number of piperidine rings is 1. The van der Waals surface area contributed by atoms with E-state index in [0.717, 1.165) is 44.5 Å². The largest absolute Gasteiger partial charge is 0.383 e. The molecule has 1 aromatic carbocycles. The van der Waals surface area contributed by atoms with Gasteiger partial charge in [0.1, 0.15) is 5.82 Å². The first kappa shape index (κ1) is 21.7. The third kappa shape index (κ3) is 6.51. The van der Waals surface area contributed by atoms with E-state index in [2.05, 4.69) is 10.2 Å². The fraction of sp³-hybridized carbons (Fsp3) is 0.636. The summed E-state index contributed by atoms with van der Waals surface area (Å²) in [5, 5.41) is 2.88. The van der Waals surface area contributed by atoms with Gasteiger partial charge in [0.2, 0.25) is 11.8 Å². The highest BCUT2D eigenvalue weighted by Crippen LogP contribution is 2.22. The minimum atomic E-state index is -0.148. The molecule has 29 heavy (non-hydrogen) atoms. The number of nitrogens with one attached hydrogen (secondary N) is 1. The molecule has 0 bridgehead atoms. The first-order valence-corrected chi connectivity index (χ1v) is 10.6. The second-order valence-corrected chi connectivity index (χ2v) is 8.15. The van der Waals surface area contributed by atoms with E-state index in [1.54, 1.807) is 13.2 Å². The van der Waals surface area contributed by atoms with Crippen molar-refractivity contribution in [2.24, 2.45) is 5.92 Å². The summed E-state index contributed by atoms with van der Waals surface area (Å²) in [6, 6.07) is 6.90. The number of carbonyl (C=O) groups is 2. The van der Waals surface area contributed by atoms with Crippen LogP contribution in [0, 0.1) is 11.7 Å². The number of amides is 2. The molecule has 6 nitrogen and oxygen atoms in total. The van der Waals surface area contributed by atoms with Crippen LogP contribution in [-0.2, 0) is 20.9 Å². The van der Waals surface area contributed by atoms with E-state index >= 15 is 0 Å². The fourth-order valence-electron chi connectivity index (χ4n) is 4.20. The van der Waals surface area contributed by atoms with Crippen LogP contribution in [0.15, 0.2) is 24.3 Å². The molecule has 3 rings (SSSR count). The van der Waals surface area contributed by atoms with Crippen molar-refractivity contribution in [3.05, 3.63) is 35.6 Å². The zero-order valence-corrected chi connectivity index (χ0v) is 17.2. The van der Waals surface area contributed by atoms with Crippen molar-refractivity contribution in [1.82, 2.24) is 15.1 Å². The first-order valence-electron chi connectivity index (χ1n) is 10.6. The lowest BCUT2D eigenvalue weighted by atomic mass is 9.95. The SMILES string of the molecule is COCCN(CC1CCN(Cc2ccccc2F)CC1)C(=O)CC1CCC(=O)N1. The molecule has 0 radical (unpaired) electrons. The van der Waals surface area contributed by atoms with Crippen molar-refractivity contribution in [3.63, 3.8) is 0 Å². The van der Waals surface area contributed by atoms with Crippen LogP contribution in [0.1, 0.15) is 37.7 Å². The predicted molar refractivity (Wildman–Crippen MR) is 109 cm³/mol. The molecule has 1 aromatic rings. The van der Waals surface area contributed by atoms with Crippen LogP contribution in [0.25, 0.3) is 0 Å².